The van der Waals surface area contributed by atoms with E-state index in [2.05, 4.69) is 32.3 Å². The van der Waals surface area contributed by atoms with Crippen molar-refractivity contribution < 1.29 is 4.79 Å². The van der Waals surface area contributed by atoms with Crippen LogP contribution in [0.4, 0.5) is 17.5 Å². The Labute approximate surface area is 183 Å². The molecule has 0 bridgehead atoms. The van der Waals surface area contributed by atoms with E-state index in [-0.39, 0.29) is 11.8 Å². The number of aryl methyl sites for hydroxylation is 1. The fourth-order valence-electron chi connectivity index (χ4n) is 3.92. The zero-order valence-corrected chi connectivity index (χ0v) is 18.0. The summed E-state index contributed by atoms with van der Waals surface area (Å²) >= 11 is 0. The third-order valence-corrected chi connectivity index (χ3v) is 5.62. The highest BCUT2D eigenvalue weighted by atomic mass is 16.2. The molecule has 31 heavy (non-hydrogen) atoms. The van der Waals surface area contributed by atoms with Crippen LogP contribution < -0.4 is 10.2 Å². The first-order valence-electron chi connectivity index (χ1n) is 10.8. The van der Waals surface area contributed by atoms with Gasteiger partial charge in [0, 0.05) is 31.9 Å². The molecule has 1 aliphatic rings. The van der Waals surface area contributed by atoms with Crippen LogP contribution in [0.15, 0.2) is 60.7 Å². The van der Waals surface area contributed by atoms with Crippen molar-refractivity contribution in [2.24, 2.45) is 0 Å². The second-order valence-electron chi connectivity index (χ2n) is 7.75. The number of rotatable bonds is 6. The van der Waals surface area contributed by atoms with Gasteiger partial charge >= 0.3 is 0 Å². The molecule has 2 aromatic heterocycles. The summed E-state index contributed by atoms with van der Waals surface area (Å²) in [7, 11) is 0. The normalized spacial score (nSPS) is 14.9. The van der Waals surface area contributed by atoms with Crippen molar-refractivity contribution in [2.75, 3.05) is 36.4 Å². The van der Waals surface area contributed by atoms with Crippen LogP contribution in [0, 0.1) is 6.92 Å². The van der Waals surface area contributed by atoms with E-state index in [1.807, 2.05) is 72.5 Å². The van der Waals surface area contributed by atoms with Crippen LogP contribution in [0.3, 0.4) is 0 Å². The molecule has 1 saturated heterocycles. The molecular weight excluding hydrogens is 388 g/mol. The van der Waals surface area contributed by atoms with Crippen molar-refractivity contribution >= 4 is 23.4 Å². The van der Waals surface area contributed by atoms with E-state index in [4.69, 9.17) is 0 Å². The SMILES string of the molecule is CCC(C(=O)N1CCN(c2ccc(Nc3cccc(C)n3)nn2)CC1)c1ccccc1. The smallest absolute Gasteiger partial charge is 0.230 e. The molecule has 1 atom stereocenters. The van der Waals surface area contributed by atoms with E-state index in [0.29, 0.717) is 18.9 Å². The number of nitrogens with one attached hydrogen (secondary N) is 1. The fourth-order valence-corrected chi connectivity index (χ4v) is 3.92. The molecule has 0 radical (unpaired) electrons. The summed E-state index contributed by atoms with van der Waals surface area (Å²) < 4.78 is 0. The molecule has 1 amide bonds. The molecule has 1 unspecified atom stereocenters. The highest BCUT2D eigenvalue weighted by Crippen LogP contribution is 2.24. The number of anilines is 3. The number of nitrogens with zero attached hydrogens (tertiary/aromatic N) is 5. The zero-order chi connectivity index (χ0) is 21.6. The van der Waals surface area contributed by atoms with Gasteiger partial charge in [0.2, 0.25) is 5.91 Å². The second kappa shape index (κ2) is 9.55. The third-order valence-electron chi connectivity index (χ3n) is 5.62. The first-order chi connectivity index (χ1) is 15.1. The quantitative estimate of drug-likeness (QED) is 0.659. The summed E-state index contributed by atoms with van der Waals surface area (Å²) in [6, 6.07) is 19.7. The van der Waals surface area contributed by atoms with Crippen molar-refractivity contribution in [3.05, 3.63) is 71.9 Å². The van der Waals surface area contributed by atoms with Crippen LogP contribution in [0.1, 0.15) is 30.5 Å². The summed E-state index contributed by atoms with van der Waals surface area (Å²) in [5, 5.41) is 11.8. The number of hydrogen-bond donors (Lipinski definition) is 1. The van der Waals surface area contributed by atoms with E-state index in [0.717, 1.165) is 42.4 Å². The van der Waals surface area contributed by atoms with Gasteiger partial charge in [0.05, 0.1) is 5.92 Å². The van der Waals surface area contributed by atoms with Gasteiger partial charge in [-0.25, -0.2) is 4.98 Å². The molecule has 0 aliphatic carbocycles. The Balaban J connectivity index is 1.34. The average molecular weight is 417 g/mol. The summed E-state index contributed by atoms with van der Waals surface area (Å²) in [4.78, 5) is 21.7. The van der Waals surface area contributed by atoms with E-state index < -0.39 is 0 Å². The molecule has 1 aliphatic heterocycles. The predicted octanol–water partition coefficient (Wildman–Crippen LogP) is 3.77. The van der Waals surface area contributed by atoms with Gasteiger partial charge in [-0.15, -0.1) is 10.2 Å². The van der Waals surface area contributed by atoms with Crippen molar-refractivity contribution in [1.29, 1.82) is 0 Å². The van der Waals surface area contributed by atoms with Gasteiger partial charge < -0.3 is 15.1 Å². The van der Waals surface area contributed by atoms with Crippen LogP contribution in [-0.2, 0) is 4.79 Å². The number of aromatic nitrogens is 3. The molecule has 1 fully saturated rings. The van der Waals surface area contributed by atoms with Crippen LogP contribution in [0.25, 0.3) is 0 Å². The summed E-state index contributed by atoms with van der Waals surface area (Å²) in [6.45, 7) is 6.90. The van der Waals surface area contributed by atoms with E-state index in [9.17, 15) is 4.79 Å². The monoisotopic (exact) mass is 416 g/mol. The minimum atomic E-state index is -0.0758. The standard InChI is InChI=1S/C24H28N6O/c1-3-20(19-9-5-4-6-10-19)24(31)30-16-14-29(15-17-30)23-13-12-22(27-28-23)26-21-11-7-8-18(2)25-21/h4-13,20H,3,14-17H2,1-2H3,(H,25,26,27). The number of piperazine rings is 1. The van der Waals surface area contributed by atoms with E-state index >= 15 is 0 Å². The number of pyridine rings is 1. The Morgan fingerprint density at radius 2 is 1.71 bits per heavy atom. The number of carbonyl (C=O) groups is 1. The molecule has 1 N–H and O–H groups in total. The Kier molecular flexibility index (Phi) is 6.40. The Morgan fingerprint density at radius 3 is 2.35 bits per heavy atom. The lowest BCUT2D eigenvalue weighted by molar-refractivity contribution is -0.133. The Hall–Kier alpha value is -3.48. The number of carbonyl (C=O) groups excluding carboxylic acids is 1. The van der Waals surface area contributed by atoms with E-state index in [1.54, 1.807) is 0 Å². The van der Waals surface area contributed by atoms with Crippen molar-refractivity contribution in [1.82, 2.24) is 20.1 Å². The maximum atomic E-state index is 13.1. The first-order valence-corrected chi connectivity index (χ1v) is 10.8. The van der Waals surface area contributed by atoms with E-state index in [1.165, 1.54) is 0 Å². The fraction of sp³-hybridized carbons (Fsp3) is 0.333. The maximum Gasteiger partial charge on any atom is 0.230 e. The second-order valence-corrected chi connectivity index (χ2v) is 7.75. The van der Waals surface area contributed by atoms with Gasteiger partial charge in [-0.3, -0.25) is 4.79 Å². The zero-order valence-electron chi connectivity index (χ0n) is 18.0. The largest absolute Gasteiger partial charge is 0.352 e. The molecular formula is C24H28N6O. The molecule has 7 heteroatoms. The maximum absolute atomic E-state index is 13.1. The van der Waals surface area contributed by atoms with Gasteiger partial charge in [-0.05, 0) is 43.2 Å². The minimum absolute atomic E-state index is 0.0758. The van der Waals surface area contributed by atoms with Gasteiger partial charge in [0.15, 0.2) is 11.6 Å². The molecule has 3 aromatic rings. The molecule has 4 rings (SSSR count). The molecule has 7 nitrogen and oxygen atoms in total. The third kappa shape index (κ3) is 4.99. The van der Waals surface area contributed by atoms with Gasteiger partial charge in [-0.1, -0.05) is 43.3 Å². The summed E-state index contributed by atoms with van der Waals surface area (Å²) in [6.07, 6.45) is 0.804. The minimum Gasteiger partial charge on any atom is -0.352 e. The van der Waals surface area contributed by atoms with Gasteiger partial charge in [-0.2, -0.15) is 0 Å². The molecule has 0 spiro atoms. The van der Waals surface area contributed by atoms with Crippen LogP contribution >= 0.6 is 0 Å². The van der Waals surface area contributed by atoms with Crippen LogP contribution in [0.5, 0.6) is 0 Å². The lowest BCUT2D eigenvalue weighted by Gasteiger charge is -2.36. The molecule has 3 heterocycles. The highest BCUT2D eigenvalue weighted by molar-refractivity contribution is 5.84. The number of benzene rings is 1. The summed E-state index contributed by atoms with van der Waals surface area (Å²) in [5.74, 6) is 2.37. The Morgan fingerprint density at radius 1 is 0.935 bits per heavy atom. The molecule has 0 saturated carbocycles. The predicted molar refractivity (Wildman–Crippen MR) is 123 cm³/mol. The molecule has 160 valence electrons. The Bertz CT molecular complexity index is 1000. The van der Waals surface area contributed by atoms with Gasteiger partial charge in [0.25, 0.3) is 0 Å². The van der Waals surface area contributed by atoms with Gasteiger partial charge in [0.1, 0.15) is 5.82 Å². The van der Waals surface area contributed by atoms with Crippen LogP contribution in [0.2, 0.25) is 0 Å². The van der Waals surface area contributed by atoms with Crippen LogP contribution in [-0.4, -0.2) is 52.2 Å². The number of hydrogen-bond acceptors (Lipinski definition) is 6. The first kappa shape index (κ1) is 20.8. The van der Waals surface area contributed by atoms with Crippen molar-refractivity contribution in [3.8, 4) is 0 Å². The van der Waals surface area contributed by atoms with Crippen molar-refractivity contribution in [3.63, 3.8) is 0 Å². The summed E-state index contributed by atoms with van der Waals surface area (Å²) in [5.41, 5.74) is 2.04. The van der Waals surface area contributed by atoms with Crippen molar-refractivity contribution in [2.45, 2.75) is 26.2 Å². The lowest BCUT2D eigenvalue weighted by atomic mass is 9.95. The highest BCUT2D eigenvalue weighted by Gasteiger charge is 2.27. The molecule has 1 aromatic carbocycles. The average Bonchev–Trinajstić information content (AvgIpc) is 2.81. The number of amides is 1. The topological polar surface area (TPSA) is 74.2 Å². The lowest BCUT2D eigenvalue weighted by Crippen LogP contribution is -2.50.